The Kier molecular flexibility index (Phi) is 23.0. The van der Waals surface area contributed by atoms with Gasteiger partial charge < -0.3 is 14.2 Å². The fourth-order valence-corrected chi connectivity index (χ4v) is 10.4. The van der Waals surface area contributed by atoms with Crippen LogP contribution in [0.15, 0.2) is 72.8 Å². The van der Waals surface area contributed by atoms with E-state index in [1.165, 1.54) is 217 Å². The molecule has 0 saturated carbocycles. The smallest absolute Gasteiger partial charge is 0.120 e. The summed E-state index contributed by atoms with van der Waals surface area (Å²) in [6, 6.07) is 26.0. The van der Waals surface area contributed by atoms with Gasteiger partial charge in [-0.05, 0) is 111 Å². The Morgan fingerprint density at radius 3 is 0.957 bits per heavy atom. The van der Waals surface area contributed by atoms with Gasteiger partial charge in [0, 0.05) is 79.0 Å². The van der Waals surface area contributed by atoms with Crippen LogP contribution in [0, 0.1) is 47.9 Å². The zero-order chi connectivity index (χ0) is 49.2. The van der Waals surface area contributed by atoms with Crippen LogP contribution in [0.25, 0.3) is 43.6 Å². The zero-order valence-corrected chi connectivity index (χ0v) is 44.1. The number of hydrogen-bond donors (Lipinski definition) is 1. The molecule has 4 aromatic carbocycles. The van der Waals surface area contributed by atoms with Crippen LogP contribution in [0.3, 0.4) is 0 Å². The molecule has 3 heteroatoms. The van der Waals surface area contributed by atoms with E-state index < -0.39 is 5.60 Å². The summed E-state index contributed by atoms with van der Waals surface area (Å²) in [7, 11) is 0. The summed E-state index contributed by atoms with van der Waals surface area (Å²) in [6.07, 6.45) is 44.0. The van der Waals surface area contributed by atoms with Gasteiger partial charge in [0.05, 0.1) is 0 Å². The molecule has 6 rings (SSSR count). The number of aromatic nitrogens is 2. The Morgan fingerprint density at radius 2 is 0.657 bits per heavy atom. The highest BCUT2D eigenvalue weighted by Crippen LogP contribution is 2.33. The minimum absolute atomic E-state index is 0.901. The number of nitrogens with zero attached hydrogens (tertiary/aromatic N) is 2. The van der Waals surface area contributed by atoms with E-state index in [9.17, 15) is 5.11 Å². The predicted molar refractivity (Wildman–Crippen MR) is 304 cm³/mol. The Labute approximate surface area is 425 Å². The zero-order valence-electron chi connectivity index (χ0n) is 44.1. The maximum absolute atomic E-state index is 10.3. The van der Waals surface area contributed by atoms with Gasteiger partial charge in [-0.1, -0.05) is 210 Å². The first-order valence-corrected chi connectivity index (χ1v) is 28.2. The molecule has 0 amide bonds. The minimum atomic E-state index is -1.05. The molecule has 2 aromatic heterocycles. The summed E-state index contributed by atoms with van der Waals surface area (Å²) >= 11 is 0. The number of benzene rings is 4. The highest BCUT2D eigenvalue weighted by atomic mass is 16.3. The van der Waals surface area contributed by atoms with E-state index in [1.807, 2.05) is 0 Å². The average molecular weight is 935 g/mol. The topological polar surface area (TPSA) is 30.1 Å². The predicted octanol–water partition coefficient (Wildman–Crippen LogP) is 18.4. The Bertz CT molecular complexity index is 2780. The molecule has 0 saturated heterocycles. The number of terminal acetylenes is 1. The van der Waals surface area contributed by atoms with Crippen molar-refractivity contribution in [2.75, 3.05) is 0 Å². The van der Waals surface area contributed by atoms with Crippen LogP contribution < -0.4 is 0 Å². The molecule has 370 valence electrons. The summed E-state index contributed by atoms with van der Waals surface area (Å²) in [5, 5.41) is 15.1. The fourth-order valence-electron chi connectivity index (χ4n) is 10.4. The lowest BCUT2D eigenvalue weighted by atomic mass is 10.0. The van der Waals surface area contributed by atoms with Crippen LogP contribution in [0.1, 0.15) is 230 Å². The van der Waals surface area contributed by atoms with Crippen LogP contribution in [-0.2, 0) is 13.1 Å². The van der Waals surface area contributed by atoms with Crippen molar-refractivity contribution in [1.82, 2.24) is 9.13 Å². The standard InChI is InChI=1S/C67H86N2O/c1-6-9-11-13-15-17-19-21-23-25-27-29-31-35-49-68-63-43-39-55(8-3)51-59(63)60-52-56(40-44-64(60)68)37-33-34-38-57-41-45-65-61(53-57)62-54-58(47-48-67(4,5)70)42-46-66(62)69(65)50-36-32-30-28-26-24-22-20-18-16-14-12-10-7-2/h3,39-46,51-54,70H,6-7,9-32,35-36,49-50H2,1-2,4-5H3. The molecular weight excluding hydrogens is 849 g/mol. The summed E-state index contributed by atoms with van der Waals surface area (Å²) in [5.41, 5.74) is 7.55. The van der Waals surface area contributed by atoms with Crippen LogP contribution in [0.4, 0.5) is 0 Å². The van der Waals surface area contributed by atoms with Crippen molar-refractivity contribution in [1.29, 1.82) is 0 Å². The molecule has 0 atom stereocenters. The summed E-state index contributed by atoms with van der Waals surface area (Å²) in [5.74, 6) is 22.1. The monoisotopic (exact) mass is 935 g/mol. The van der Waals surface area contributed by atoms with E-state index in [0.717, 1.165) is 41.8 Å². The van der Waals surface area contributed by atoms with Crippen molar-refractivity contribution < 1.29 is 5.11 Å². The number of fused-ring (bicyclic) bond motifs is 6. The molecule has 3 nitrogen and oxygen atoms in total. The molecule has 0 spiro atoms. The van der Waals surface area contributed by atoms with E-state index in [-0.39, 0.29) is 0 Å². The SMILES string of the molecule is C#Cc1ccc2c(c1)c1cc(C#CC#Cc3ccc4c(c3)c3cc(C#CC(C)(C)O)ccc3n4CCCCCCCCCCCCCCCC)ccc1n2CCCCCCCCCCCCCCCC. The maximum atomic E-state index is 10.3. The molecule has 2 heterocycles. The van der Waals surface area contributed by atoms with Crippen molar-refractivity contribution in [3.63, 3.8) is 0 Å². The maximum Gasteiger partial charge on any atom is 0.120 e. The second-order valence-electron chi connectivity index (χ2n) is 20.9. The lowest BCUT2D eigenvalue weighted by Crippen LogP contribution is -2.14. The number of hydrogen-bond acceptors (Lipinski definition) is 1. The van der Waals surface area contributed by atoms with E-state index in [4.69, 9.17) is 6.42 Å². The molecule has 1 N–H and O–H groups in total. The van der Waals surface area contributed by atoms with Crippen LogP contribution in [0.5, 0.6) is 0 Å². The van der Waals surface area contributed by atoms with Gasteiger partial charge in [0.25, 0.3) is 0 Å². The minimum Gasteiger partial charge on any atom is -0.378 e. The van der Waals surface area contributed by atoms with Crippen molar-refractivity contribution in [2.24, 2.45) is 0 Å². The molecular formula is C67H86N2O. The molecule has 6 aromatic rings. The van der Waals surface area contributed by atoms with Gasteiger partial charge in [0.15, 0.2) is 0 Å². The first-order chi connectivity index (χ1) is 34.3. The first-order valence-electron chi connectivity index (χ1n) is 28.2. The number of unbranched alkanes of at least 4 members (excludes halogenated alkanes) is 26. The largest absolute Gasteiger partial charge is 0.378 e. The Morgan fingerprint density at radius 1 is 0.386 bits per heavy atom. The number of aliphatic hydroxyl groups is 1. The fraction of sp³-hybridized carbons (Fsp3) is 0.522. The van der Waals surface area contributed by atoms with Crippen LogP contribution >= 0.6 is 0 Å². The summed E-state index contributed by atoms with van der Waals surface area (Å²) in [6.45, 7) is 10.0. The van der Waals surface area contributed by atoms with Crippen molar-refractivity contribution >= 4 is 43.6 Å². The number of rotatable bonds is 30. The van der Waals surface area contributed by atoms with Gasteiger partial charge in [0.1, 0.15) is 5.60 Å². The molecule has 0 aliphatic heterocycles. The molecule has 0 radical (unpaired) electrons. The van der Waals surface area contributed by atoms with Gasteiger partial charge >= 0.3 is 0 Å². The number of aryl methyl sites for hydroxylation is 2. The highest BCUT2D eigenvalue weighted by Gasteiger charge is 2.14. The summed E-state index contributed by atoms with van der Waals surface area (Å²) < 4.78 is 4.97. The van der Waals surface area contributed by atoms with Gasteiger partial charge in [-0.2, -0.15) is 0 Å². The molecule has 0 aliphatic carbocycles. The van der Waals surface area contributed by atoms with Gasteiger partial charge in [-0.3, -0.25) is 0 Å². The van der Waals surface area contributed by atoms with Gasteiger partial charge in [-0.25, -0.2) is 0 Å². The van der Waals surface area contributed by atoms with Crippen molar-refractivity contribution in [3.8, 4) is 47.9 Å². The normalized spacial score (nSPS) is 11.4. The molecule has 70 heavy (non-hydrogen) atoms. The Hall–Kier alpha value is -5.32. The first kappa shape index (κ1) is 54.0. The molecule has 0 aliphatic rings. The van der Waals surface area contributed by atoms with E-state index in [0.29, 0.717) is 0 Å². The lowest BCUT2D eigenvalue weighted by Gasteiger charge is -2.08. The quantitative estimate of drug-likeness (QED) is 0.0354. The Balaban J connectivity index is 1.08. The second-order valence-corrected chi connectivity index (χ2v) is 20.9. The highest BCUT2D eigenvalue weighted by molar-refractivity contribution is 6.10. The van der Waals surface area contributed by atoms with Crippen LogP contribution in [0.2, 0.25) is 0 Å². The van der Waals surface area contributed by atoms with Gasteiger partial charge in [0.2, 0.25) is 0 Å². The third-order valence-corrected chi connectivity index (χ3v) is 14.4. The summed E-state index contributed by atoms with van der Waals surface area (Å²) in [4.78, 5) is 0. The van der Waals surface area contributed by atoms with E-state index in [1.54, 1.807) is 13.8 Å². The molecule has 0 fully saturated rings. The third-order valence-electron chi connectivity index (χ3n) is 14.4. The van der Waals surface area contributed by atoms with E-state index >= 15 is 0 Å². The second kappa shape index (κ2) is 29.8. The lowest BCUT2D eigenvalue weighted by molar-refractivity contribution is 0.143. The van der Waals surface area contributed by atoms with E-state index in [2.05, 4.69) is 137 Å². The van der Waals surface area contributed by atoms with Crippen molar-refractivity contribution in [2.45, 2.75) is 226 Å². The van der Waals surface area contributed by atoms with Gasteiger partial charge in [-0.15, -0.1) is 6.42 Å². The molecule has 0 unspecified atom stereocenters. The van der Waals surface area contributed by atoms with Crippen molar-refractivity contribution in [3.05, 3.63) is 95.1 Å². The average Bonchev–Trinajstić information content (AvgIpc) is 3.84. The van der Waals surface area contributed by atoms with Crippen LogP contribution in [-0.4, -0.2) is 19.8 Å². The third kappa shape index (κ3) is 17.2. The molecule has 0 bridgehead atoms.